The number of rotatable bonds is 8. The third-order valence-electron chi connectivity index (χ3n) is 5.92. The van der Waals surface area contributed by atoms with Crippen molar-refractivity contribution in [3.05, 3.63) is 41.4 Å². The van der Waals surface area contributed by atoms with Crippen LogP contribution < -0.4 is 16.4 Å². The van der Waals surface area contributed by atoms with Gasteiger partial charge in [0.05, 0.1) is 6.33 Å². The molecule has 4 rings (SSSR count). The van der Waals surface area contributed by atoms with Crippen LogP contribution in [0.4, 0.5) is 16.3 Å². The standard InChI is InChI=1S/C22H29ClN8O4/c1-12-4-5-13(8-14(12)23)29-22(34)25-6-3-7-30(2)9-15-17(32)18(33)21(35-15)31-11-28-16-19(24)26-10-27-20(16)31/h4-5,8,10-11,15,17-18,21,32-33H,3,6-7,9H2,1-2H3,(H2,24,26,27)(H2,25,29,34)/t15-,17-,18-,21-/m1/s1. The molecule has 1 saturated heterocycles. The van der Waals surface area contributed by atoms with Crippen molar-refractivity contribution < 1.29 is 19.7 Å². The van der Waals surface area contributed by atoms with Crippen LogP contribution in [0.3, 0.4) is 0 Å². The van der Waals surface area contributed by atoms with Gasteiger partial charge in [0, 0.05) is 23.8 Å². The van der Waals surface area contributed by atoms with Crippen molar-refractivity contribution in [3.8, 4) is 0 Å². The van der Waals surface area contributed by atoms with Crippen molar-refractivity contribution in [2.75, 3.05) is 37.7 Å². The monoisotopic (exact) mass is 504 g/mol. The van der Waals surface area contributed by atoms with E-state index in [0.717, 1.165) is 5.56 Å². The number of aryl methyl sites for hydroxylation is 1. The number of halogens is 1. The van der Waals surface area contributed by atoms with E-state index in [1.54, 1.807) is 16.7 Å². The number of benzene rings is 1. The lowest BCUT2D eigenvalue weighted by Gasteiger charge is -2.22. The molecule has 0 saturated carbocycles. The average Bonchev–Trinajstić information content (AvgIpc) is 3.37. The number of urea groups is 1. The summed E-state index contributed by atoms with van der Waals surface area (Å²) >= 11 is 6.08. The number of nitrogens with two attached hydrogens (primary N) is 1. The Morgan fingerprint density at radius 3 is 2.86 bits per heavy atom. The first-order valence-electron chi connectivity index (χ1n) is 11.2. The molecule has 1 aliphatic rings. The molecule has 1 fully saturated rings. The minimum absolute atomic E-state index is 0.225. The number of nitrogens with zero attached hydrogens (tertiary/aromatic N) is 5. The Labute approximate surface area is 207 Å². The number of hydrogen-bond acceptors (Lipinski definition) is 9. The van der Waals surface area contributed by atoms with Crippen LogP contribution in [0.25, 0.3) is 11.2 Å². The largest absolute Gasteiger partial charge is 0.387 e. The number of anilines is 2. The molecule has 0 spiro atoms. The predicted octanol–water partition coefficient (Wildman–Crippen LogP) is 1.13. The first-order valence-corrected chi connectivity index (χ1v) is 11.6. The summed E-state index contributed by atoms with van der Waals surface area (Å²) in [5.74, 6) is 0.225. The predicted molar refractivity (Wildman–Crippen MR) is 131 cm³/mol. The molecular formula is C22H29ClN8O4. The maximum absolute atomic E-state index is 12.1. The first-order chi connectivity index (χ1) is 16.7. The zero-order valence-corrected chi connectivity index (χ0v) is 20.2. The van der Waals surface area contributed by atoms with Crippen molar-refractivity contribution in [3.63, 3.8) is 0 Å². The lowest BCUT2D eigenvalue weighted by molar-refractivity contribution is -0.0421. The molecule has 6 N–H and O–H groups in total. The van der Waals surface area contributed by atoms with Gasteiger partial charge < -0.3 is 36.2 Å². The minimum atomic E-state index is -1.16. The highest BCUT2D eigenvalue weighted by Crippen LogP contribution is 2.32. The number of nitrogen functional groups attached to an aromatic ring is 1. The molecule has 35 heavy (non-hydrogen) atoms. The third-order valence-corrected chi connectivity index (χ3v) is 6.33. The highest BCUT2D eigenvalue weighted by atomic mass is 35.5. The number of ether oxygens (including phenoxy) is 1. The summed E-state index contributed by atoms with van der Waals surface area (Å²) < 4.78 is 7.51. The minimum Gasteiger partial charge on any atom is -0.387 e. The lowest BCUT2D eigenvalue weighted by Crippen LogP contribution is -2.39. The van der Waals surface area contributed by atoms with Gasteiger partial charge in [-0.2, -0.15) is 0 Å². The number of hydrogen-bond donors (Lipinski definition) is 5. The van der Waals surface area contributed by atoms with Gasteiger partial charge in [0.15, 0.2) is 17.7 Å². The molecule has 3 heterocycles. The molecule has 3 aromatic rings. The second-order valence-electron chi connectivity index (χ2n) is 8.59. The van der Waals surface area contributed by atoms with Crippen molar-refractivity contribution in [2.45, 2.75) is 37.9 Å². The summed E-state index contributed by atoms with van der Waals surface area (Å²) in [6, 6.07) is 5.02. The summed E-state index contributed by atoms with van der Waals surface area (Å²) in [4.78, 5) is 26.3. The van der Waals surface area contributed by atoms with E-state index in [4.69, 9.17) is 22.1 Å². The molecule has 12 nitrogen and oxygen atoms in total. The number of aromatic nitrogens is 4. The molecular weight excluding hydrogens is 476 g/mol. The van der Waals surface area contributed by atoms with Crippen LogP contribution in [0.1, 0.15) is 18.2 Å². The number of carbonyl (C=O) groups is 1. The fraction of sp³-hybridized carbons (Fsp3) is 0.455. The second-order valence-corrected chi connectivity index (χ2v) is 9.00. The number of carbonyl (C=O) groups excluding carboxylic acids is 1. The number of likely N-dealkylation sites (N-methyl/N-ethyl adjacent to an activating group) is 1. The van der Waals surface area contributed by atoms with Crippen molar-refractivity contribution in [1.29, 1.82) is 0 Å². The van der Waals surface area contributed by atoms with Crippen molar-refractivity contribution in [1.82, 2.24) is 29.7 Å². The number of amides is 2. The highest BCUT2D eigenvalue weighted by Gasteiger charge is 2.44. The molecule has 13 heteroatoms. The number of nitrogens with one attached hydrogen (secondary N) is 2. The Morgan fingerprint density at radius 2 is 2.09 bits per heavy atom. The molecule has 0 aliphatic carbocycles. The Balaban J connectivity index is 1.23. The number of aliphatic hydroxyl groups excluding tert-OH is 2. The SMILES string of the molecule is Cc1ccc(NC(=O)NCCCN(C)C[C@H]2O[C@@H](n3cnc4c(N)ncnc43)[C@H](O)[C@@H]2O)cc1Cl. The Bertz CT molecular complexity index is 1190. The smallest absolute Gasteiger partial charge is 0.319 e. The maximum Gasteiger partial charge on any atom is 0.319 e. The molecule has 2 amide bonds. The van der Waals surface area contributed by atoms with Crippen LogP contribution in [0, 0.1) is 6.92 Å². The third kappa shape index (κ3) is 5.63. The zero-order chi connectivity index (χ0) is 25.1. The van der Waals surface area contributed by atoms with Crippen LogP contribution >= 0.6 is 11.6 Å². The summed E-state index contributed by atoms with van der Waals surface area (Å²) in [7, 11) is 1.88. The first kappa shape index (κ1) is 25.1. The molecule has 1 aromatic carbocycles. The molecule has 0 radical (unpaired) electrons. The summed E-state index contributed by atoms with van der Waals surface area (Å²) in [5, 5.41) is 27.3. The van der Waals surface area contributed by atoms with E-state index in [-0.39, 0.29) is 11.8 Å². The summed E-state index contributed by atoms with van der Waals surface area (Å²) in [6.07, 6.45) is -0.294. The highest BCUT2D eigenvalue weighted by molar-refractivity contribution is 6.31. The number of aliphatic hydroxyl groups is 2. The molecule has 188 valence electrons. The fourth-order valence-electron chi connectivity index (χ4n) is 3.96. The summed E-state index contributed by atoms with van der Waals surface area (Å²) in [5.41, 5.74) is 8.21. The van der Waals surface area contributed by atoms with E-state index < -0.39 is 24.5 Å². The van der Waals surface area contributed by atoms with Gasteiger partial charge in [0.25, 0.3) is 0 Å². The van der Waals surface area contributed by atoms with Gasteiger partial charge >= 0.3 is 6.03 Å². The van der Waals surface area contributed by atoms with Crippen LogP contribution in [-0.4, -0.2) is 85.7 Å². The topological polar surface area (TPSA) is 164 Å². The number of imidazole rings is 1. The second kappa shape index (κ2) is 10.7. The lowest BCUT2D eigenvalue weighted by atomic mass is 10.1. The maximum atomic E-state index is 12.1. The van der Waals surface area contributed by atoms with Gasteiger partial charge in [-0.1, -0.05) is 17.7 Å². The average molecular weight is 505 g/mol. The Kier molecular flexibility index (Phi) is 7.67. The van der Waals surface area contributed by atoms with E-state index in [9.17, 15) is 15.0 Å². The van der Waals surface area contributed by atoms with Crippen LogP contribution in [-0.2, 0) is 4.74 Å². The Morgan fingerprint density at radius 1 is 1.29 bits per heavy atom. The van der Waals surface area contributed by atoms with E-state index in [1.165, 1.54) is 12.7 Å². The zero-order valence-electron chi connectivity index (χ0n) is 19.4. The molecule has 2 aromatic heterocycles. The molecule has 0 bridgehead atoms. The van der Waals surface area contributed by atoms with E-state index in [1.807, 2.05) is 24.9 Å². The molecule has 4 atom stereocenters. The van der Waals surface area contributed by atoms with Crippen LogP contribution in [0.5, 0.6) is 0 Å². The van der Waals surface area contributed by atoms with Crippen LogP contribution in [0.15, 0.2) is 30.9 Å². The van der Waals surface area contributed by atoms with Gasteiger partial charge in [-0.3, -0.25) is 4.57 Å². The summed E-state index contributed by atoms with van der Waals surface area (Å²) in [6.45, 7) is 3.37. The van der Waals surface area contributed by atoms with Gasteiger partial charge in [0.2, 0.25) is 0 Å². The van der Waals surface area contributed by atoms with E-state index in [0.29, 0.717) is 47.9 Å². The fourth-order valence-corrected chi connectivity index (χ4v) is 4.14. The van der Waals surface area contributed by atoms with Crippen molar-refractivity contribution in [2.24, 2.45) is 0 Å². The van der Waals surface area contributed by atoms with E-state index >= 15 is 0 Å². The van der Waals surface area contributed by atoms with Gasteiger partial charge in [-0.25, -0.2) is 19.7 Å². The van der Waals surface area contributed by atoms with Crippen LogP contribution in [0.2, 0.25) is 5.02 Å². The molecule has 0 unspecified atom stereocenters. The Hall–Kier alpha value is -3.03. The quantitative estimate of drug-likeness (QED) is 0.283. The van der Waals surface area contributed by atoms with Gasteiger partial charge in [-0.15, -0.1) is 0 Å². The van der Waals surface area contributed by atoms with Gasteiger partial charge in [0.1, 0.15) is 30.2 Å². The van der Waals surface area contributed by atoms with Crippen molar-refractivity contribution >= 4 is 40.3 Å². The number of fused-ring (bicyclic) bond motifs is 1. The van der Waals surface area contributed by atoms with E-state index in [2.05, 4.69) is 25.6 Å². The molecule has 1 aliphatic heterocycles. The van der Waals surface area contributed by atoms with Gasteiger partial charge in [-0.05, 0) is 44.6 Å². The normalized spacial score (nSPS) is 22.1.